The number of hydrogen-bond acceptors (Lipinski definition) is 3. The maximum Gasteiger partial charge on any atom is 0.237 e. The molecule has 1 saturated heterocycles. The highest BCUT2D eigenvalue weighted by Crippen LogP contribution is 2.28. The number of hydrogen-bond donors (Lipinski definition) is 3. The number of piperidine rings is 1. The highest BCUT2D eigenvalue weighted by atomic mass is 16.2. The molecule has 0 aromatic heterocycles. The molecule has 0 saturated carbocycles. The number of amides is 1. The number of carbonyl (C=O) groups excluding carboxylic acids is 1. The highest BCUT2D eigenvalue weighted by molar-refractivity contribution is 5.82. The molecule has 1 atom stereocenters. The van der Waals surface area contributed by atoms with Gasteiger partial charge in [0.25, 0.3) is 0 Å². The van der Waals surface area contributed by atoms with E-state index in [0.717, 1.165) is 12.8 Å². The molecule has 0 unspecified atom stereocenters. The Morgan fingerprint density at radius 2 is 1.67 bits per heavy atom. The molecule has 4 nitrogen and oxygen atoms in total. The van der Waals surface area contributed by atoms with Gasteiger partial charge in [-0.2, -0.15) is 0 Å². The average Bonchev–Trinajstić information content (AvgIpc) is 2.10. The van der Waals surface area contributed by atoms with Gasteiger partial charge in [0.2, 0.25) is 5.91 Å². The largest absolute Gasteiger partial charge is 0.352 e. The van der Waals surface area contributed by atoms with Gasteiger partial charge in [-0.1, -0.05) is 13.8 Å². The van der Waals surface area contributed by atoms with Crippen LogP contribution in [0.25, 0.3) is 0 Å². The minimum absolute atomic E-state index is 0.0245. The van der Waals surface area contributed by atoms with Crippen LogP contribution in [0.15, 0.2) is 0 Å². The summed E-state index contributed by atoms with van der Waals surface area (Å²) in [4.78, 5) is 12.0. The van der Waals surface area contributed by atoms with E-state index in [1.54, 1.807) is 0 Å². The molecule has 1 rings (SSSR count). The van der Waals surface area contributed by atoms with Crippen molar-refractivity contribution in [2.45, 2.75) is 77.5 Å². The predicted octanol–water partition coefficient (Wildman–Crippen LogP) is 1.40. The molecule has 1 aliphatic heterocycles. The number of nitrogens with two attached hydrogens (primary N) is 1. The Balaban J connectivity index is 2.65. The second-order valence-electron chi connectivity index (χ2n) is 7.28. The fourth-order valence-corrected chi connectivity index (χ4v) is 3.02. The van der Waals surface area contributed by atoms with Crippen LogP contribution in [-0.4, -0.2) is 29.1 Å². The van der Waals surface area contributed by atoms with Crippen molar-refractivity contribution < 1.29 is 4.79 Å². The molecule has 0 aromatic rings. The molecule has 0 aromatic carbocycles. The first-order valence-electron chi connectivity index (χ1n) is 6.88. The second kappa shape index (κ2) is 5.17. The normalized spacial score (nSPS) is 24.9. The Kier molecular flexibility index (Phi) is 4.44. The Bertz CT molecular complexity index is 294. The van der Waals surface area contributed by atoms with E-state index in [-0.39, 0.29) is 28.9 Å². The monoisotopic (exact) mass is 255 g/mol. The van der Waals surface area contributed by atoms with Gasteiger partial charge in [-0.15, -0.1) is 0 Å². The van der Waals surface area contributed by atoms with Gasteiger partial charge in [0.05, 0.1) is 6.04 Å². The van der Waals surface area contributed by atoms with E-state index in [0.29, 0.717) is 0 Å². The first-order valence-corrected chi connectivity index (χ1v) is 6.88. The van der Waals surface area contributed by atoms with E-state index in [2.05, 4.69) is 38.3 Å². The van der Waals surface area contributed by atoms with Gasteiger partial charge in [-0.05, 0) is 46.5 Å². The van der Waals surface area contributed by atoms with E-state index >= 15 is 0 Å². The number of nitrogens with one attached hydrogen (secondary N) is 2. The fraction of sp³-hybridized carbons (Fsp3) is 0.929. The zero-order valence-corrected chi connectivity index (χ0v) is 12.6. The van der Waals surface area contributed by atoms with Crippen molar-refractivity contribution in [3.05, 3.63) is 0 Å². The van der Waals surface area contributed by atoms with Crippen molar-refractivity contribution in [3.63, 3.8) is 0 Å². The van der Waals surface area contributed by atoms with Gasteiger partial charge in [-0.3, -0.25) is 4.79 Å². The third-order valence-corrected chi connectivity index (χ3v) is 3.56. The smallest absolute Gasteiger partial charge is 0.237 e. The molecule has 1 heterocycles. The first kappa shape index (κ1) is 15.4. The van der Waals surface area contributed by atoms with Crippen LogP contribution in [0.1, 0.15) is 54.4 Å². The predicted molar refractivity (Wildman–Crippen MR) is 75.3 cm³/mol. The maximum absolute atomic E-state index is 12.0. The summed E-state index contributed by atoms with van der Waals surface area (Å²) in [7, 11) is 0. The Morgan fingerprint density at radius 3 is 2.06 bits per heavy atom. The van der Waals surface area contributed by atoms with E-state index in [1.165, 1.54) is 0 Å². The summed E-state index contributed by atoms with van der Waals surface area (Å²) in [5.74, 6) is 0.149. The molecular formula is C14H29N3O. The Morgan fingerprint density at radius 1 is 1.22 bits per heavy atom. The molecule has 18 heavy (non-hydrogen) atoms. The van der Waals surface area contributed by atoms with Crippen LogP contribution in [0.4, 0.5) is 0 Å². The molecule has 0 radical (unpaired) electrons. The van der Waals surface area contributed by atoms with E-state index in [4.69, 9.17) is 5.73 Å². The van der Waals surface area contributed by atoms with Crippen LogP contribution in [0, 0.1) is 5.92 Å². The van der Waals surface area contributed by atoms with Crippen LogP contribution >= 0.6 is 0 Å². The lowest BCUT2D eigenvalue weighted by Gasteiger charge is -2.46. The summed E-state index contributed by atoms with van der Waals surface area (Å²) in [5.41, 5.74) is 5.97. The molecular weight excluding hydrogens is 226 g/mol. The second-order valence-corrected chi connectivity index (χ2v) is 7.28. The molecule has 106 valence electrons. The SMILES string of the molecule is CC(C)[C@@H](N)C(=O)NC1CC(C)(C)NC(C)(C)C1. The summed E-state index contributed by atoms with van der Waals surface area (Å²) in [6.45, 7) is 12.6. The Labute approximate surface area is 111 Å². The summed E-state index contributed by atoms with van der Waals surface area (Å²) < 4.78 is 0. The van der Waals surface area contributed by atoms with Crippen molar-refractivity contribution in [1.82, 2.24) is 10.6 Å². The molecule has 4 N–H and O–H groups in total. The van der Waals surface area contributed by atoms with Gasteiger partial charge in [0, 0.05) is 17.1 Å². The minimum atomic E-state index is -0.411. The molecule has 0 bridgehead atoms. The third-order valence-electron chi connectivity index (χ3n) is 3.56. The van der Waals surface area contributed by atoms with Gasteiger partial charge < -0.3 is 16.4 Å². The third kappa shape index (κ3) is 4.25. The van der Waals surface area contributed by atoms with Crippen molar-refractivity contribution in [2.75, 3.05) is 0 Å². The number of carbonyl (C=O) groups is 1. The maximum atomic E-state index is 12.0. The summed E-state index contributed by atoms with van der Waals surface area (Å²) in [6, 6.07) is -0.209. The van der Waals surface area contributed by atoms with E-state index in [1.807, 2.05) is 13.8 Å². The molecule has 0 spiro atoms. The van der Waals surface area contributed by atoms with E-state index in [9.17, 15) is 4.79 Å². The van der Waals surface area contributed by atoms with Gasteiger partial charge >= 0.3 is 0 Å². The lowest BCUT2D eigenvalue weighted by Crippen LogP contribution is -2.63. The van der Waals surface area contributed by atoms with Crippen LogP contribution < -0.4 is 16.4 Å². The van der Waals surface area contributed by atoms with Gasteiger partial charge in [0.15, 0.2) is 0 Å². The highest BCUT2D eigenvalue weighted by Gasteiger charge is 2.38. The molecule has 1 aliphatic rings. The lowest BCUT2D eigenvalue weighted by atomic mass is 9.79. The van der Waals surface area contributed by atoms with Crippen molar-refractivity contribution >= 4 is 5.91 Å². The molecule has 1 amide bonds. The minimum Gasteiger partial charge on any atom is -0.352 e. The quantitative estimate of drug-likeness (QED) is 0.714. The summed E-state index contributed by atoms with van der Waals surface area (Å²) in [6.07, 6.45) is 1.87. The van der Waals surface area contributed by atoms with Crippen LogP contribution in [0.5, 0.6) is 0 Å². The number of rotatable bonds is 3. The average molecular weight is 255 g/mol. The lowest BCUT2D eigenvalue weighted by molar-refractivity contribution is -0.124. The van der Waals surface area contributed by atoms with Gasteiger partial charge in [0.1, 0.15) is 0 Å². The zero-order chi connectivity index (χ0) is 14.1. The topological polar surface area (TPSA) is 67.2 Å². The fourth-order valence-electron chi connectivity index (χ4n) is 3.02. The summed E-state index contributed by atoms with van der Waals surface area (Å²) in [5, 5.41) is 6.71. The standard InChI is InChI=1S/C14H29N3O/c1-9(2)11(15)12(18)16-10-7-13(3,4)17-14(5,6)8-10/h9-11,17H,7-8,15H2,1-6H3,(H,16,18)/t11-/m1/s1. The van der Waals surface area contributed by atoms with Crippen molar-refractivity contribution in [3.8, 4) is 0 Å². The molecule has 1 fully saturated rings. The van der Waals surface area contributed by atoms with E-state index < -0.39 is 6.04 Å². The van der Waals surface area contributed by atoms with Crippen molar-refractivity contribution in [2.24, 2.45) is 11.7 Å². The molecule has 0 aliphatic carbocycles. The van der Waals surface area contributed by atoms with Crippen LogP contribution in [0.2, 0.25) is 0 Å². The van der Waals surface area contributed by atoms with Crippen LogP contribution in [-0.2, 0) is 4.79 Å². The van der Waals surface area contributed by atoms with Crippen molar-refractivity contribution in [1.29, 1.82) is 0 Å². The first-order chi connectivity index (χ1) is 8.02. The summed E-state index contributed by atoms with van der Waals surface area (Å²) >= 11 is 0. The molecule has 4 heteroatoms. The zero-order valence-electron chi connectivity index (χ0n) is 12.6. The Hall–Kier alpha value is -0.610. The van der Waals surface area contributed by atoms with Crippen LogP contribution in [0.3, 0.4) is 0 Å². The van der Waals surface area contributed by atoms with Gasteiger partial charge in [-0.25, -0.2) is 0 Å².